The lowest BCUT2D eigenvalue weighted by Gasteiger charge is -2.13. The van der Waals surface area contributed by atoms with E-state index in [1.165, 1.54) is 24.0 Å². The fourth-order valence-electron chi connectivity index (χ4n) is 2.12. The molecule has 1 heterocycles. The number of hydrogen-bond donors (Lipinski definition) is 2. The number of benzene rings is 1. The normalized spacial score (nSPS) is 21.4. The summed E-state index contributed by atoms with van der Waals surface area (Å²) in [6.07, 6.45) is 3.66. The van der Waals surface area contributed by atoms with Crippen molar-refractivity contribution < 1.29 is 0 Å². The third-order valence-corrected chi connectivity index (χ3v) is 3.04. The van der Waals surface area contributed by atoms with Gasteiger partial charge in [0.1, 0.15) is 0 Å². The first kappa shape index (κ1) is 9.53. The molecule has 0 radical (unpaired) electrons. The van der Waals surface area contributed by atoms with Crippen molar-refractivity contribution in [3.8, 4) is 0 Å². The summed E-state index contributed by atoms with van der Waals surface area (Å²) in [5.74, 6) is 0. The van der Waals surface area contributed by atoms with E-state index in [0.717, 1.165) is 18.7 Å². The van der Waals surface area contributed by atoms with Gasteiger partial charge in [-0.1, -0.05) is 18.2 Å². The molecule has 0 saturated carbocycles. The van der Waals surface area contributed by atoms with Crippen molar-refractivity contribution in [2.45, 2.75) is 32.2 Å². The van der Waals surface area contributed by atoms with Crippen LogP contribution in [-0.2, 0) is 6.42 Å². The van der Waals surface area contributed by atoms with Crippen LogP contribution in [0.1, 0.15) is 24.0 Å². The molecular formula is C12H18N2. The van der Waals surface area contributed by atoms with Crippen LogP contribution < -0.4 is 11.1 Å². The molecular weight excluding hydrogens is 172 g/mol. The molecule has 2 nitrogen and oxygen atoms in total. The lowest BCUT2D eigenvalue weighted by molar-refractivity contribution is 0.604. The van der Waals surface area contributed by atoms with Crippen LogP contribution in [0.25, 0.3) is 0 Å². The van der Waals surface area contributed by atoms with E-state index >= 15 is 0 Å². The van der Waals surface area contributed by atoms with E-state index in [4.69, 9.17) is 5.73 Å². The van der Waals surface area contributed by atoms with Gasteiger partial charge in [0.25, 0.3) is 0 Å². The van der Waals surface area contributed by atoms with Crippen LogP contribution in [0.4, 0.5) is 5.69 Å². The lowest BCUT2D eigenvalue weighted by Crippen LogP contribution is -2.24. The van der Waals surface area contributed by atoms with Crippen LogP contribution in [0.5, 0.6) is 0 Å². The number of para-hydroxylation sites is 1. The standard InChI is InChI=1S/C12H18N2/c1-9-4-2-5-10(12(9)13)8-11-6-3-7-14-11/h2,4-5,11,14H,3,6-8,13H2,1H3. The average Bonchev–Trinajstić information content (AvgIpc) is 2.66. The Morgan fingerprint density at radius 3 is 3.07 bits per heavy atom. The molecule has 1 unspecified atom stereocenters. The van der Waals surface area contributed by atoms with Crippen LogP contribution in [0.3, 0.4) is 0 Å². The zero-order chi connectivity index (χ0) is 9.97. The summed E-state index contributed by atoms with van der Waals surface area (Å²) in [7, 11) is 0. The summed E-state index contributed by atoms with van der Waals surface area (Å²) in [6, 6.07) is 6.94. The molecule has 2 heteroatoms. The monoisotopic (exact) mass is 190 g/mol. The summed E-state index contributed by atoms with van der Waals surface area (Å²) >= 11 is 0. The summed E-state index contributed by atoms with van der Waals surface area (Å²) < 4.78 is 0. The molecule has 1 fully saturated rings. The molecule has 1 aliphatic rings. The van der Waals surface area contributed by atoms with Gasteiger partial charge in [-0.25, -0.2) is 0 Å². The Balaban J connectivity index is 2.11. The Morgan fingerprint density at radius 2 is 2.36 bits per heavy atom. The molecule has 0 aromatic heterocycles. The van der Waals surface area contributed by atoms with Crippen molar-refractivity contribution in [2.24, 2.45) is 0 Å². The summed E-state index contributed by atoms with van der Waals surface area (Å²) in [5.41, 5.74) is 9.50. The van der Waals surface area contributed by atoms with Gasteiger partial charge < -0.3 is 11.1 Å². The predicted octanol–water partition coefficient (Wildman–Crippen LogP) is 1.87. The first-order valence-corrected chi connectivity index (χ1v) is 5.34. The molecule has 0 amide bonds. The van der Waals surface area contributed by atoms with Crippen molar-refractivity contribution >= 4 is 5.69 Å². The number of aryl methyl sites for hydroxylation is 1. The minimum absolute atomic E-state index is 0.638. The van der Waals surface area contributed by atoms with Gasteiger partial charge in [-0.2, -0.15) is 0 Å². The molecule has 0 spiro atoms. The lowest BCUT2D eigenvalue weighted by atomic mass is 10.0. The minimum atomic E-state index is 0.638. The van der Waals surface area contributed by atoms with Crippen LogP contribution >= 0.6 is 0 Å². The van der Waals surface area contributed by atoms with Crippen LogP contribution in [-0.4, -0.2) is 12.6 Å². The number of nitrogens with one attached hydrogen (secondary N) is 1. The molecule has 0 aliphatic carbocycles. The van der Waals surface area contributed by atoms with E-state index in [2.05, 4.69) is 30.4 Å². The second-order valence-corrected chi connectivity index (χ2v) is 4.15. The van der Waals surface area contributed by atoms with Crippen LogP contribution in [0.2, 0.25) is 0 Å². The Kier molecular flexibility index (Phi) is 2.73. The molecule has 1 aromatic rings. The fourth-order valence-corrected chi connectivity index (χ4v) is 2.12. The highest BCUT2D eigenvalue weighted by atomic mass is 14.9. The number of anilines is 1. The number of nitrogen functional groups attached to an aromatic ring is 1. The smallest absolute Gasteiger partial charge is 0.0376 e. The molecule has 1 saturated heterocycles. The SMILES string of the molecule is Cc1cccc(CC2CCCN2)c1N. The zero-order valence-electron chi connectivity index (χ0n) is 8.72. The highest BCUT2D eigenvalue weighted by Gasteiger charge is 2.15. The van der Waals surface area contributed by atoms with Crippen molar-refractivity contribution in [1.29, 1.82) is 0 Å². The minimum Gasteiger partial charge on any atom is -0.398 e. The van der Waals surface area contributed by atoms with Crippen molar-refractivity contribution in [3.05, 3.63) is 29.3 Å². The summed E-state index contributed by atoms with van der Waals surface area (Å²) in [5, 5.41) is 3.50. The van der Waals surface area contributed by atoms with Crippen LogP contribution in [0, 0.1) is 6.92 Å². The van der Waals surface area contributed by atoms with E-state index in [0.29, 0.717) is 6.04 Å². The van der Waals surface area contributed by atoms with Crippen molar-refractivity contribution in [1.82, 2.24) is 5.32 Å². The molecule has 1 atom stereocenters. The third kappa shape index (κ3) is 1.90. The third-order valence-electron chi connectivity index (χ3n) is 3.04. The number of hydrogen-bond acceptors (Lipinski definition) is 2. The average molecular weight is 190 g/mol. The van der Waals surface area contributed by atoms with Gasteiger partial charge in [0.05, 0.1) is 0 Å². The van der Waals surface area contributed by atoms with E-state index in [-0.39, 0.29) is 0 Å². The molecule has 14 heavy (non-hydrogen) atoms. The van der Waals surface area contributed by atoms with Gasteiger partial charge in [-0.15, -0.1) is 0 Å². The largest absolute Gasteiger partial charge is 0.398 e. The van der Waals surface area contributed by atoms with Crippen molar-refractivity contribution in [2.75, 3.05) is 12.3 Å². The van der Waals surface area contributed by atoms with Gasteiger partial charge in [0, 0.05) is 11.7 Å². The molecule has 76 valence electrons. The zero-order valence-corrected chi connectivity index (χ0v) is 8.72. The molecule has 1 aliphatic heterocycles. The second kappa shape index (κ2) is 4.01. The van der Waals surface area contributed by atoms with E-state index in [1.807, 2.05) is 0 Å². The Labute approximate surface area is 85.5 Å². The van der Waals surface area contributed by atoms with Gasteiger partial charge in [0.15, 0.2) is 0 Å². The first-order chi connectivity index (χ1) is 6.77. The second-order valence-electron chi connectivity index (χ2n) is 4.15. The predicted molar refractivity (Wildman–Crippen MR) is 60.3 cm³/mol. The molecule has 0 bridgehead atoms. The van der Waals surface area contributed by atoms with E-state index < -0.39 is 0 Å². The van der Waals surface area contributed by atoms with Gasteiger partial charge in [-0.3, -0.25) is 0 Å². The maximum Gasteiger partial charge on any atom is 0.0376 e. The van der Waals surface area contributed by atoms with Gasteiger partial charge >= 0.3 is 0 Å². The number of nitrogens with two attached hydrogens (primary N) is 1. The Hall–Kier alpha value is -1.02. The van der Waals surface area contributed by atoms with Gasteiger partial charge in [0.2, 0.25) is 0 Å². The Bertz CT molecular complexity index is 314. The fraction of sp³-hybridized carbons (Fsp3) is 0.500. The van der Waals surface area contributed by atoms with E-state index in [9.17, 15) is 0 Å². The van der Waals surface area contributed by atoms with E-state index in [1.54, 1.807) is 0 Å². The quantitative estimate of drug-likeness (QED) is 0.699. The number of rotatable bonds is 2. The topological polar surface area (TPSA) is 38.0 Å². The highest BCUT2D eigenvalue weighted by Crippen LogP contribution is 2.20. The first-order valence-electron chi connectivity index (χ1n) is 5.34. The van der Waals surface area contributed by atoms with Gasteiger partial charge in [-0.05, 0) is 43.9 Å². The Morgan fingerprint density at radius 1 is 1.50 bits per heavy atom. The summed E-state index contributed by atoms with van der Waals surface area (Å²) in [6.45, 7) is 3.23. The maximum absolute atomic E-state index is 6.03. The highest BCUT2D eigenvalue weighted by molar-refractivity contribution is 5.53. The van der Waals surface area contributed by atoms with Crippen LogP contribution in [0.15, 0.2) is 18.2 Å². The molecule has 1 aromatic carbocycles. The molecule has 3 N–H and O–H groups in total. The molecule has 2 rings (SSSR count). The summed E-state index contributed by atoms with van der Waals surface area (Å²) in [4.78, 5) is 0. The maximum atomic E-state index is 6.03. The van der Waals surface area contributed by atoms with Crippen molar-refractivity contribution in [3.63, 3.8) is 0 Å².